The highest BCUT2D eigenvalue weighted by molar-refractivity contribution is 5.88. The van der Waals surface area contributed by atoms with E-state index in [0.717, 1.165) is 12.8 Å². The summed E-state index contributed by atoms with van der Waals surface area (Å²) in [6, 6.07) is 12.4. The van der Waals surface area contributed by atoms with E-state index in [1.165, 1.54) is 24.3 Å². The fourth-order valence-electron chi connectivity index (χ4n) is 2.87. The highest BCUT2D eigenvalue weighted by atomic mass is 16.7. The summed E-state index contributed by atoms with van der Waals surface area (Å²) >= 11 is 0. The van der Waals surface area contributed by atoms with Crippen molar-refractivity contribution in [1.29, 1.82) is 0 Å². The Kier molecular flexibility index (Phi) is 6.82. The lowest BCUT2D eigenvalue weighted by atomic mass is 10.0. The van der Waals surface area contributed by atoms with E-state index in [4.69, 9.17) is 19.7 Å². The third-order valence-corrected chi connectivity index (χ3v) is 4.07. The maximum atomic E-state index is 11.0. The molecule has 0 spiro atoms. The van der Waals surface area contributed by atoms with Crippen molar-refractivity contribution in [2.45, 2.75) is 45.3 Å². The third-order valence-electron chi connectivity index (χ3n) is 4.07. The largest absolute Gasteiger partial charge is 0.478 e. The molecule has 0 saturated carbocycles. The van der Waals surface area contributed by atoms with Crippen LogP contribution in [0.2, 0.25) is 0 Å². The van der Waals surface area contributed by atoms with Crippen LogP contribution in [-0.4, -0.2) is 27.9 Å². The van der Waals surface area contributed by atoms with Gasteiger partial charge >= 0.3 is 11.9 Å². The maximum absolute atomic E-state index is 11.0. The Labute approximate surface area is 158 Å². The summed E-state index contributed by atoms with van der Waals surface area (Å²) in [6.45, 7) is 4.05. The molecule has 0 aliphatic carbocycles. The zero-order valence-electron chi connectivity index (χ0n) is 15.5. The van der Waals surface area contributed by atoms with Crippen LogP contribution in [0.15, 0.2) is 48.5 Å². The van der Waals surface area contributed by atoms with Crippen LogP contribution >= 0.6 is 0 Å². The van der Waals surface area contributed by atoms with Crippen molar-refractivity contribution in [3.63, 3.8) is 0 Å². The summed E-state index contributed by atoms with van der Waals surface area (Å²) in [6.07, 6.45) is 2.89. The molecule has 0 radical (unpaired) electrons. The number of carboxylic acids is 2. The van der Waals surface area contributed by atoms with Crippen molar-refractivity contribution < 1.29 is 29.3 Å². The van der Waals surface area contributed by atoms with Crippen molar-refractivity contribution in [1.82, 2.24) is 0 Å². The van der Waals surface area contributed by atoms with Crippen LogP contribution in [0, 0.1) is 0 Å². The Morgan fingerprint density at radius 1 is 0.741 bits per heavy atom. The summed E-state index contributed by atoms with van der Waals surface area (Å²) in [5.74, 6) is -1.87. The van der Waals surface area contributed by atoms with Crippen LogP contribution in [-0.2, 0) is 0 Å². The normalized spacial score (nSPS) is 11.0. The minimum Gasteiger partial charge on any atom is -0.478 e. The Balaban J connectivity index is 2.27. The van der Waals surface area contributed by atoms with Gasteiger partial charge < -0.3 is 19.7 Å². The second-order valence-electron chi connectivity index (χ2n) is 6.27. The molecule has 0 atom stereocenters. The molecule has 144 valence electrons. The zero-order valence-corrected chi connectivity index (χ0v) is 15.5. The van der Waals surface area contributed by atoms with E-state index in [2.05, 4.69) is 0 Å². The monoisotopic (exact) mass is 372 g/mol. The number of ether oxygens (including phenoxy) is 2. The highest BCUT2D eigenvalue weighted by Crippen LogP contribution is 2.31. The fraction of sp³-hybridized carbons (Fsp3) is 0.333. The van der Waals surface area contributed by atoms with Crippen LogP contribution in [0.3, 0.4) is 0 Å². The van der Waals surface area contributed by atoms with Crippen LogP contribution in [0.25, 0.3) is 0 Å². The van der Waals surface area contributed by atoms with Gasteiger partial charge in [0, 0.05) is 12.8 Å². The lowest BCUT2D eigenvalue weighted by molar-refractivity contribution is -0.126. The maximum Gasteiger partial charge on any atom is 0.335 e. The summed E-state index contributed by atoms with van der Waals surface area (Å²) < 4.78 is 12.3. The SMILES string of the molecule is CCCC(CCC)(Oc1ccc(C(=O)O)cc1)Oc1ccc(C(=O)O)cc1. The first kappa shape index (κ1) is 20.3. The Morgan fingerprint density at radius 2 is 1.07 bits per heavy atom. The van der Waals surface area contributed by atoms with E-state index in [1.807, 2.05) is 13.8 Å². The van der Waals surface area contributed by atoms with Crippen molar-refractivity contribution in [2.75, 3.05) is 0 Å². The first-order valence-corrected chi connectivity index (χ1v) is 8.94. The van der Waals surface area contributed by atoms with E-state index >= 15 is 0 Å². The van der Waals surface area contributed by atoms with Gasteiger partial charge in [-0.25, -0.2) is 9.59 Å². The van der Waals surface area contributed by atoms with Gasteiger partial charge in [0.25, 0.3) is 5.79 Å². The predicted molar refractivity (Wildman–Crippen MR) is 101 cm³/mol. The van der Waals surface area contributed by atoms with Gasteiger partial charge in [0.05, 0.1) is 11.1 Å². The summed E-state index contributed by atoms with van der Waals surface area (Å²) in [4.78, 5) is 22.0. The first-order valence-electron chi connectivity index (χ1n) is 8.94. The highest BCUT2D eigenvalue weighted by Gasteiger charge is 2.33. The zero-order chi connectivity index (χ0) is 19.9. The molecular formula is C21H24O6. The molecule has 0 aliphatic rings. The lowest BCUT2D eigenvalue weighted by Gasteiger charge is -2.34. The van der Waals surface area contributed by atoms with Gasteiger partial charge in [0.15, 0.2) is 0 Å². The Hall–Kier alpha value is -3.02. The smallest absolute Gasteiger partial charge is 0.335 e. The topological polar surface area (TPSA) is 93.1 Å². The molecular weight excluding hydrogens is 348 g/mol. The number of carbonyl (C=O) groups is 2. The van der Waals surface area contributed by atoms with Gasteiger partial charge in [-0.15, -0.1) is 0 Å². The van der Waals surface area contributed by atoms with Gasteiger partial charge in [-0.05, 0) is 61.4 Å². The molecule has 0 unspecified atom stereocenters. The van der Waals surface area contributed by atoms with Crippen molar-refractivity contribution in [2.24, 2.45) is 0 Å². The molecule has 6 heteroatoms. The van der Waals surface area contributed by atoms with E-state index in [1.54, 1.807) is 24.3 Å². The van der Waals surface area contributed by atoms with Crippen molar-refractivity contribution in [3.05, 3.63) is 59.7 Å². The predicted octanol–water partition coefficient (Wildman–Crippen LogP) is 4.84. The van der Waals surface area contributed by atoms with Crippen molar-refractivity contribution in [3.8, 4) is 11.5 Å². The summed E-state index contributed by atoms with van der Waals surface area (Å²) in [7, 11) is 0. The first-order chi connectivity index (χ1) is 12.9. The van der Waals surface area contributed by atoms with Gasteiger partial charge in [0.2, 0.25) is 0 Å². The Bertz CT molecular complexity index is 697. The average Bonchev–Trinajstić information content (AvgIpc) is 2.63. The van der Waals surface area contributed by atoms with Gasteiger partial charge in [-0.2, -0.15) is 0 Å². The van der Waals surface area contributed by atoms with E-state index in [-0.39, 0.29) is 11.1 Å². The number of rotatable bonds is 10. The second kappa shape index (κ2) is 9.07. The molecule has 2 rings (SSSR count). The number of carboxylic acid groups (broad SMARTS) is 2. The van der Waals surface area contributed by atoms with Crippen LogP contribution < -0.4 is 9.47 Å². The quantitative estimate of drug-likeness (QED) is 0.580. The summed E-state index contributed by atoms with van der Waals surface area (Å²) in [5, 5.41) is 18.1. The molecule has 0 fully saturated rings. The van der Waals surface area contributed by atoms with Gasteiger partial charge in [-0.3, -0.25) is 0 Å². The molecule has 0 aliphatic heterocycles. The minimum atomic E-state index is -0.996. The van der Waals surface area contributed by atoms with Gasteiger partial charge in [-0.1, -0.05) is 13.8 Å². The molecule has 0 saturated heterocycles. The lowest BCUT2D eigenvalue weighted by Crippen LogP contribution is -2.42. The Morgan fingerprint density at radius 3 is 1.33 bits per heavy atom. The van der Waals surface area contributed by atoms with Crippen LogP contribution in [0.1, 0.15) is 60.2 Å². The van der Waals surface area contributed by atoms with Crippen molar-refractivity contribution >= 4 is 11.9 Å². The molecule has 2 N–H and O–H groups in total. The number of aromatic carboxylic acids is 2. The number of hydrogen-bond acceptors (Lipinski definition) is 4. The molecule has 0 aromatic heterocycles. The van der Waals surface area contributed by atoms with Crippen LogP contribution in [0.4, 0.5) is 0 Å². The summed E-state index contributed by atoms with van der Waals surface area (Å²) in [5.41, 5.74) is 0.369. The van der Waals surface area contributed by atoms with E-state index in [9.17, 15) is 9.59 Å². The molecule has 0 heterocycles. The molecule has 2 aromatic carbocycles. The van der Waals surface area contributed by atoms with E-state index in [0.29, 0.717) is 24.3 Å². The molecule has 0 amide bonds. The average molecular weight is 372 g/mol. The third kappa shape index (κ3) is 5.48. The van der Waals surface area contributed by atoms with Crippen LogP contribution in [0.5, 0.6) is 11.5 Å². The fourth-order valence-corrected chi connectivity index (χ4v) is 2.87. The molecule has 2 aromatic rings. The standard InChI is InChI=1S/C21H24O6/c1-3-13-21(14-4-2,26-17-9-5-15(6-10-17)19(22)23)27-18-11-7-16(8-12-18)20(24)25/h5-12H,3-4,13-14H2,1-2H3,(H,22,23)(H,24,25). The van der Waals surface area contributed by atoms with Gasteiger partial charge in [0.1, 0.15) is 11.5 Å². The number of benzene rings is 2. The molecule has 27 heavy (non-hydrogen) atoms. The molecule has 0 bridgehead atoms. The molecule has 6 nitrogen and oxygen atoms in total. The van der Waals surface area contributed by atoms with E-state index < -0.39 is 17.7 Å². The minimum absolute atomic E-state index is 0.184. The second-order valence-corrected chi connectivity index (χ2v) is 6.27. The number of hydrogen-bond donors (Lipinski definition) is 2.